The summed E-state index contributed by atoms with van der Waals surface area (Å²) in [6.07, 6.45) is 4.57. The molecule has 0 spiro atoms. The number of ketones is 1. The van der Waals surface area contributed by atoms with Crippen LogP contribution in [-0.2, 0) is 4.79 Å². The maximum atomic E-state index is 11.1. The Morgan fingerprint density at radius 1 is 1.36 bits per heavy atom. The first kappa shape index (κ1) is 10.7. The molecule has 0 N–H and O–H groups in total. The van der Waals surface area contributed by atoms with Gasteiger partial charge < -0.3 is 0 Å². The van der Waals surface area contributed by atoms with Crippen LogP contribution >= 0.6 is 0 Å². The highest BCUT2D eigenvalue weighted by Crippen LogP contribution is 2.06. The summed E-state index contributed by atoms with van der Waals surface area (Å²) in [5.74, 6) is 0.927. The fourth-order valence-electron chi connectivity index (χ4n) is 1.06. The first-order valence-corrected chi connectivity index (χ1v) is 4.47. The van der Waals surface area contributed by atoms with Gasteiger partial charge in [0.15, 0.2) is 0 Å². The molecule has 0 aromatic heterocycles. The molecule has 0 bridgehead atoms. The average Bonchev–Trinajstić information content (AvgIpc) is 1.86. The topological polar surface area (TPSA) is 17.1 Å². The molecule has 65 valence electrons. The summed E-state index contributed by atoms with van der Waals surface area (Å²) in [5.41, 5.74) is 0. The van der Waals surface area contributed by atoms with Crippen molar-refractivity contribution in [3.8, 4) is 0 Å². The van der Waals surface area contributed by atoms with Crippen molar-refractivity contribution in [1.29, 1.82) is 0 Å². The van der Waals surface area contributed by atoms with E-state index >= 15 is 0 Å². The number of unbranched alkanes of at least 4 members (excludes halogenated alkanes) is 2. The normalized spacial score (nSPS) is 10.5. The fourth-order valence-corrected chi connectivity index (χ4v) is 1.06. The predicted molar refractivity (Wildman–Crippen MR) is 48.3 cm³/mol. The van der Waals surface area contributed by atoms with E-state index in [-0.39, 0.29) is 0 Å². The summed E-state index contributed by atoms with van der Waals surface area (Å²) in [7, 11) is 0. The molecule has 1 radical (unpaired) electrons. The zero-order chi connectivity index (χ0) is 8.69. The molecule has 0 atom stereocenters. The second-order valence-corrected chi connectivity index (χ2v) is 3.45. The van der Waals surface area contributed by atoms with Crippen LogP contribution in [0, 0.1) is 12.8 Å². The number of hydrogen-bond donors (Lipinski definition) is 0. The SMILES string of the molecule is [CH2]CCCCC(=O)CC(C)C. The summed E-state index contributed by atoms with van der Waals surface area (Å²) < 4.78 is 0. The zero-order valence-electron chi connectivity index (χ0n) is 7.73. The Kier molecular flexibility index (Phi) is 6.19. The van der Waals surface area contributed by atoms with E-state index in [1.165, 1.54) is 0 Å². The lowest BCUT2D eigenvalue weighted by Gasteiger charge is -2.02. The van der Waals surface area contributed by atoms with Crippen LogP contribution in [0.15, 0.2) is 0 Å². The van der Waals surface area contributed by atoms with E-state index in [0.717, 1.165) is 32.1 Å². The number of carbonyl (C=O) groups is 1. The van der Waals surface area contributed by atoms with Crippen LogP contribution in [0.25, 0.3) is 0 Å². The number of carbonyl (C=O) groups excluding carboxylic acids is 1. The molecule has 11 heavy (non-hydrogen) atoms. The lowest BCUT2D eigenvalue weighted by Crippen LogP contribution is -2.02. The largest absolute Gasteiger partial charge is 0.300 e. The Morgan fingerprint density at radius 2 is 2.00 bits per heavy atom. The van der Waals surface area contributed by atoms with Gasteiger partial charge in [0.1, 0.15) is 5.78 Å². The maximum absolute atomic E-state index is 11.1. The second kappa shape index (κ2) is 6.38. The van der Waals surface area contributed by atoms with Gasteiger partial charge in [0.2, 0.25) is 0 Å². The minimum absolute atomic E-state index is 0.411. The van der Waals surface area contributed by atoms with E-state index in [1.807, 2.05) is 0 Å². The summed E-state index contributed by atoms with van der Waals surface area (Å²) in [5, 5.41) is 0. The molecule has 0 fully saturated rings. The van der Waals surface area contributed by atoms with Gasteiger partial charge in [-0.1, -0.05) is 33.6 Å². The summed E-state index contributed by atoms with van der Waals surface area (Å²) >= 11 is 0. The molecule has 0 saturated carbocycles. The van der Waals surface area contributed by atoms with Crippen molar-refractivity contribution in [2.75, 3.05) is 0 Å². The Bertz CT molecular complexity index is 105. The van der Waals surface area contributed by atoms with Crippen LogP contribution in [0.1, 0.15) is 46.0 Å². The molecule has 1 nitrogen and oxygen atoms in total. The second-order valence-electron chi connectivity index (χ2n) is 3.45. The van der Waals surface area contributed by atoms with Gasteiger partial charge >= 0.3 is 0 Å². The van der Waals surface area contributed by atoms with Gasteiger partial charge in [0.25, 0.3) is 0 Å². The van der Waals surface area contributed by atoms with Gasteiger partial charge in [-0.3, -0.25) is 4.79 Å². The first-order chi connectivity index (χ1) is 5.16. The highest BCUT2D eigenvalue weighted by molar-refractivity contribution is 5.78. The maximum Gasteiger partial charge on any atom is 0.133 e. The van der Waals surface area contributed by atoms with Gasteiger partial charge in [-0.05, 0) is 12.3 Å². The van der Waals surface area contributed by atoms with Crippen LogP contribution in [0.5, 0.6) is 0 Å². The lowest BCUT2D eigenvalue weighted by atomic mass is 10.0. The van der Waals surface area contributed by atoms with E-state index in [0.29, 0.717) is 11.7 Å². The molecule has 0 amide bonds. The van der Waals surface area contributed by atoms with Crippen molar-refractivity contribution in [3.63, 3.8) is 0 Å². The van der Waals surface area contributed by atoms with Crippen molar-refractivity contribution in [3.05, 3.63) is 6.92 Å². The van der Waals surface area contributed by atoms with Crippen LogP contribution in [-0.4, -0.2) is 5.78 Å². The third-order valence-corrected chi connectivity index (χ3v) is 1.59. The van der Waals surface area contributed by atoms with Crippen molar-refractivity contribution in [1.82, 2.24) is 0 Å². The van der Waals surface area contributed by atoms with Gasteiger partial charge in [-0.2, -0.15) is 0 Å². The monoisotopic (exact) mass is 155 g/mol. The highest BCUT2D eigenvalue weighted by atomic mass is 16.1. The molecular formula is C10H19O. The Labute approximate surface area is 70.2 Å². The highest BCUT2D eigenvalue weighted by Gasteiger charge is 2.03. The van der Waals surface area contributed by atoms with E-state index in [2.05, 4.69) is 20.8 Å². The van der Waals surface area contributed by atoms with E-state index in [4.69, 9.17) is 0 Å². The number of hydrogen-bond acceptors (Lipinski definition) is 1. The molecule has 0 aliphatic rings. The Balaban J connectivity index is 3.23. The fraction of sp³-hybridized carbons (Fsp3) is 0.800. The smallest absolute Gasteiger partial charge is 0.133 e. The molecule has 1 heteroatoms. The Hall–Kier alpha value is -0.330. The van der Waals surface area contributed by atoms with E-state index < -0.39 is 0 Å². The van der Waals surface area contributed by atoms with E-state index in [1.54, 1.807) is 0 Å². The molecule has 0 heterocycles. The van der Waals surface area contributed by atoms with Crippen molar-refractivity contribution < 1.29 is 4.79 Å². The first-order valence-electron chi connectivity index (χ1n) is 4.47. The minimum Gasteiger partial charge on any atom is -0.300 e. The number of rotatable bonds is 6. The van der Waals surface area contributed by atoms with Crippen LogP contribution in [0.2, 0.25) is 0 Å². The lowest BCUT2D eigenvalue weighted by molar-refractivity contribution is -0.119. The van der Waals surface area contributed by atoms with Gasteiger partial charge in [0.05, 0.1) is 0 Å². The Morgan fingerprint density at radius 3 is 2.45 bits per heavy atom. The van der Waals surface area contributed by atoms with Crippen molar-refractivity contribution >= 4 is 5.78 Å². The quantitative estimate of drug-likeness (QED) is 0.539. The summed E-state index contributed by atoms with van der Waals surface area (Å²) in [4.78, 5) is 11.1. The molecule has 0 aromatic rings. The van der Waals surface area contributed by atoms with Crippen molar-refractivity contribution in [2.24, 2.45) is 5.92 Å². The summed E-state index contributed by atoms with van der Waals surface area (Å²) in [6.45, 7) is 7.90. The third-order valence-electron chi connectivity index (χ3n) is 1.59. The predicted octanol–water partition coefficient (Wildman–Crippen LogP) is 3.00. The van der Waals surface area contributed by atoms with Crippen LogP contribution in [0.4, 0.5) is 0 Å². The molecular weight excluding hydrogens is 136 g/mol. The standard InChI is InChI=1S/C10H19O/c1-4-5-6-7-10(11)8-9(2)3/h9H,1,4-8H2,2-3H3. The molecule has 0 saturated heterocycles. The minimum atomic E-state index is 0.411. The van der Waals surface area contributed by atoms with Gasteiger partial charge in [-0.15, -0.1) is 0 Å². The molecule has 0 aliphatic heterocycles. The summed E-state index contributed by atoms with van der Waals surface area (Å²) in [6, 6.07) is 0. The molecule has 0 aliphatic carbocycles. The molecule has 0 aromatic carbocycles. The van der Waals surface area contributed by atoms with Gasteiger partial charge in [0, 0.05) is 12.8 Å². The van der Waals surface area contributed by atoms with Crippen LogP contribution < -0.4 is 0 Å². The molecule has 0 unspecified atom stereocenters. The van der Waals surface area contributed by atoms with E-state index in [9.17, 15) is 4.79 Å². The van der Waals surface area contributed by atoms with Crippen molar-refractivity contribution in [2.45, 2.75) is 46.0 Å². The third kappa shape index (κ3) is 7.57. The van der Waals surface area contributed by atoms with Crippen LogP contribution in [0.3, 0.4) is 0 Å². The zero-order valence-corrected chi connectivity index (χ0v) is 7.73. The number of Topliss-reactive ketones (excluding diaryl/α,β-unsaturated/α-hetero) is 1. The molecule has 0 rings (SSSR count). The van der Waals surface area contributed by atoms with Gasteiger partial charge in [-0.25, -0.2) is 0 Å². The average molecular weight is 155 g/mol.